The van der Waals surface area contributed by atoms with Gasteiger partial charge in [0.05, 0.1) is 5.41 Å². The average Bonchev–Trinajstić information content (AvgIpc) is 2.77. The molecule has 0 radical (unpaired) electrons. The van der Waals surface area contributed by atoms with Gasteiger partial charge in [0.25, 0.3) is 0 Å². The number of hydrogen-bond acceptors (Lipinski definition) is 2. The fourth-order valence-corrected chi connectivity index (χ4v) is 3.81. The fraction of sp³-hybridized carbons (Fsp3) is 0.929. The molecule has 0 heterocycles. The third-order valence-corrected chi connectivity index (χ3v) is 4.67. The average molecular weight is 239 g/mol. The summed E-state index contributed by atoms with van der Waals surface area (Å²) >= 11 is 0. The molecule has 0 saturated heterocycles. The van der Waals surface area contributed by atoms with Crippen molar-refractivity contribution in [1.82, 2.24) is 4.90 Å². The van der Waals surface area contributed by atoms with Gasteiger partial charge >= 0.3 is 5.97 Å². The van der Waals surface area contributed by atoms with Crippen LogP contribution in [0.1, 0.15) is 39.5 Å². The smallest absolute Gasteiger partial charge is 0.310 e. The molecule has 3 unspecified atom stereocenters. The summed E-state index contributed by atoms with van der Waals surface area (Å²) in [6.45, 7) is 5.35. The Labute approximate surface area is 104 Å². The Morgan fingerprint density at radius 2 is 2.06 bits per heavy atom. The Hall–Kier alpha value is -0.570. The molecule has 0 amide bonds. The van der Waals surface area contributed by atoms with Gasteiger partial charge in [-0.05, 0) is 57.9 Å². The molecule has 3 atom stereocenters. The highest BCUT2D eigenvalue weighted by Crippen LogP contribution is 2.48. The number of aliphatic carboxylic acids is 1. The SMILES string of the molecule is CN(CC1CC2CCC1C2)CC(C)(C)C(=O)O. The van der Waals surface area contributed by atoms with Crippen molar-refractivity contribution in [3.8, 4) is 0 Å². The van der Waals surface area contributed by atoms with E-state index in [1.165, 1.54) is 25.7 Å². The molecule has 2 aliphatic rings. The van der Waals surface area contributed by atoms with Gasteiger partial charge in [0.15, 0.2) is 0 Å². The van der Waals surface area contributed by atoms with E-state index in [0.29, 0.717) is 6.54 Å². The number of carboxylic acid groups (broad SMARTS) is 1. The molecule has 2 fully saturated rings. The van der Waals surface area contributed by atoms with Gasteiger partial charge in [-0.2, -0.15) is 0 Å². The molecule has 0 spiro atoms. The third kappa shape index (κ3) is 2.82. The second-order valence-electron chi connectivity index (χ2n) is 6.82. The summed E-state index contributed by atoms with van der Waals surface area (Å²) < 4.78 is 0. The predicted octanol–water partition coefficient (Wildman–Crippen LogP) is 2.47. The third-order valence-electron chi connectivity index (χ3n) is 4.67. The summed E-state index contributed by atoms with van der Waals surface area (Å²) in [6, 6.07) is 0. The van der Waals surface area contributed by atoms with E-state index < -0.39 is 11.4 Å². The molecule has 0 aromatic carbocycles. The van der Waals surface area contributed by atoms with E-state index in [1.807, 2.05) is 13.8 Å². The molecule has 17 heavy (non-hydrogen) atoms. The van der Waals surface area contributed by atoms with E-state index in [-0.39, 0.29) is 0 Å². The summed E-state index contributed by atoms with van der Waals surface area (Å²) in [5.74, 6) is 2.03. The zero-order valence-corrected chi connectivity index (χ0v) is 11.3. The lowest BCUT2D eigenvalue weighted by Crippen LogP contribution is -2.40. The van der Waals surface area contributed by atoms with Crippen LogP contribution >= 0.6 is 0 Å². The number of carbonyl (C=O) groups is 1. The molecule has 98 valence electrons. The first-order chi connectivity index (χ1) is 7.88. The summed E-state index contributed by atoms with van der Waals surface area (Å²) in [4.78, 5) is 13.3. The van der Waals surface area contributed by atoms with Gasteiger partial charge in [-0.15, -0.1) is 0 Å². The Bertz CT molecular complexity index is 301. The van der Waals surface area contributed by atoms with Gasteiger partial charge in [0.1, 0.15) is 0 Å². The maximum Gasteiger partial charge on any atom is 0.310 e. The normalized spacial score (nSPS) is 32.4. The predicted molar refractivity (Wildman–Crippen MR) is 67.9 cm³/mol. The van der Waals surface area contributed by atoms with Crippen molar-refractivity contribution in [2.45, 2.75) is 39.5 Å². The number of carboxylic acids is 1. The molecule has 0 aromatic heterocycles. The van der Waals surface area contributed by atoms with Crippen molar-refractivity contribution in [2.24, 2.45) is 23.2 Å². The summed E-state index contributed by atoms with van der Waals surface area (Å²) in [5, 5.41) is 9.13. The first-order valence-corrected chi connectivity index (χ1v) is 6.80. The molecular weight excluding hydrogens is 214 g/mol. The number of rotatable bonds is 5. The zero-order chi connectivity index (χ0) is 12.6. The maximum absolute atomic E-state index is 11.1. The minimum Gasteiger partial charge on any atom is -0.481 e. The van der Waals surface area contributed by atoms with Crippen LogP contribution in [0.3, 0.4) is 0 Å². The van der Waals surface area contributed by atoms with Crippen LogP contribution in [-0.2, 0) is 4.79 Å². The molecule has 2 bridgehead atoms. The number of hydrogen-bond donors (Lipinski definition) is 1. The van der Waals surface area contributed by atoms with Gasteiger partial charge in [0, 0.05) is 13.1 Å². The molecular formula is C14H25NO2. The summed E-state index contributed by atoms with van der Waals surface area (Å²) in [7, 11) is 2.07. The van der Waals surface area contributed by atoms with Gasteiger partial charge in [-0.3, -0.25) is 4.79 Å². The van der Waals surface area contributed by atoms with E-state index >= 15 is 0 Å². The minimum absolute atomic E-state index is 0.633. The number of nitrogens with zero attached hydrogens (tertiary/aromatic N) is 1. The molecule has 1 N–H and O–H groups in total. The van der Waals surface area contributed by atoms with Crippen molar-refractivity contribution in [3.63, 3.8) is 0 Å². The van der Waals surface area contributed by atoms with Crippen LogP contribution in [0.5, 0.6) is 0 Å². The van der Waals surface area contributed by atoms with E-state index in [9.17, 15) is 4.79 Å². The first-order valence-electron chi connectivity index (χ1n) is 6.80. The highest BCUT2D eigenvalue weighted by atomic mass is 16.4. The molecule has 0 aromatic rings. The fourth-order valence-electron chi connectivity index (χ4n) is 3.81. The molecule has 2 aliphatic carbocycles. The van der Waals surface area contributed by atoms with E-state index in [4.69, 9.17) is 5.11 Å². The second-order valence-corrected chi connectivity index (χ2v) is 6.82. The lowest BCUT2D eigenvalue weighted by molar-refractivity contribution is -0.147. The van der Waals surface area contributed by atoms with E-state index in [0.717, 1.165) is 24.3 Å². The van der Waals surface area contributed by atoms with E-state index in [1.54, 1.807) is 0 Å². The van der Waals surface area contributed by atoms with E-state index in [2.05, 4.69) is 11.9 Å². The van der Waals surface area contributed by atoms with Crippen molar-refractivity contribution < 1.29 is 9.90 Å². The lowest BCUT2D eigenvalue weighted by atomic mass is 9.87. The highest BCUT2D eigenvalue weighted by Gasteiger charge is 2.40. The number of fused-ring (bicyclic) bond motifs is 2. The molecule has 3 heteroatoms. The Balaban J connectivity index is 1.81. The Morgan fingerprint density at radius 3 is 2.53 bits per heavy atom. The molecule has 3 nitrogen and oxygen atoms in total. The van der Waals surface area contributed by atoms with Gasteiger partial charge < -0.3 is 10.0 Å². The highest BCUT2D eigenvalue weighted by molar-refractivity contribution is 5.73. The van der Waals surface area contributed by atoms with Crippen LogP contribution in [0, 0.1) is 23.2 Å². The van der Waals surface area contributed by atoms with Gasteiger partial charge in [-0.1, -0.05) is 6.42 Å². The minimum atomic E-state index is -0.697. The molecule has 0 aliphatic heterocycles. The first kappa shape index (κ1) is 12.9. The van der Waals surface area contributed by atoms with Crippen LogP contribution in [0.2, 0.25) is 0 Å². The zero-order valence-electron chi connectivity index (χ0n) is 11.3. The molecule has 2 saturated carbocycles. The Kier molecular flexibility index (Phi) is 3.48. The van der Waals surface area contributed by atoms with Crippen LogP contribution in [0.4, 0.5) is 0 Å². The molecule has 2 rings (SSSR count). The van der Waals surface area contributed by atoms with Crippen molar-refractivity contribution >= 4 is 5.97 Å². The Morgan fingerprint density at radius 1 is 1.35 bits per heavy atom. The van der Waals surface area contributed by atoms with Crippen LogP contribution in [-0.4, -0.2) is 36.1 Å². The lowest BCUT2D eigenvalue weighted by Gasteiger charge is -2.31. The van der Waals surface area contributed by atoms with Crippen LogP contribution < -0.4 is 0 Å². The maximum atomic E-state index is 11.1. The van der Waals surface area contributed by atoms with Crippen molar-refractivity contribution in [2.75, 3.05) is 20.1 Å². The monoisotopic (exact) mass is 239 g/mol. The quantitative estimate of drug-likeness (QED) is 0.801. The van der Waals surface area contributed by atoms with Crippen molar-refractivity contribution in [3.05, 3.63) is 0 Å². The summed E-state index contributed by atoms with van der Waals surface area (Å²) in [6.07, 6.45) is 5.65. The topological polar surface area (TPSA) is 40.5 Å². The standard InChI is InChI=1S/C14H25NO2/c1-14(2,13(16)17)9-15(3)8-12-7-10-4-5-11(12)6-10/h10-12H,4-9H2,1-3H3,(H,16,17). The van der Waals surface area contributed by atoms with Gasteiger partial charge in [0.2, 0.25) is 0 Å². The van der Waals surface area contributed by atoms with Crippen LogP contribution in [0.25, 0.3) is 0 Å². The van der Waals surface area contributed by atoms with Crippen LogP contribution in [0.15, 0.2) is 0 Å². The second kappa shape index (κ2) is 4.60. The summed E-state index contributed by atoms with van der Waals surface area (Å²) in [5.41, 5.74) is -0.633. The largest absolute Gasteiger partial charge is 0.481 e. The van der Waals surface area contributed by atoms with Crippen molar-refractivity contribution in [1.29, 1.82) is 0 Å². The van der Waals surface area contributed by atoms with Gasteiger partial charge in [-0.25, -0.2) is 0 Å².